The van der Waals surface area contributed by atoms with Gasteiger partial charge in [-0.25, -0.2) is 13.8 Å². The van der Waals surface area contributed by atoms with Crippen LogP contribution in [0, 0.1) is 18.6 Å². The van der Waals surface area contributed by atoms with E-state index < -0.39 is 11.6 Å². The summed E-state index contributed by atoms with van der Waals surface area (Å²) in [5.74, 6) is -1.73. The Bertz CT molecular complexity index is 741. The molecule has 0 aliphatic carbocycles. The Balaban J connectivity index is 2.17. The molecule has 0 fully saturated rings. The van der Waals surface area contributed by atoms with E-state index in [0.29, 0.717) is 15.9 Å². The smallest absolute Gasteiger partial charge is 0.161 e. The van der Waals surface area contributed by atoms with E-state index in [1.165, 1.54) is 17.4 Å². The van der Waals surface area contributed by atoms with Crippen molar-refractivity contribution in [1.29, 1.82) is 0 Å². The molecular weight excluding hydrogens is 266 g/mol. The third kappa shape index (κ3) is 2.06. The van der Waals surface area contributed by atoms with Crippen LogP contribution in [0.2, 0.25) is 0 Å². The van der Waals surface area contributed by atoms with Crippen LogP contribution in [-0.2, 0) is 0 Å². The second kappa shape index (κ2) is 4.28. The first-order valence-corrected chi connectivity index (χ1v) is 6.48. The number of thiazole rings is 1. The van der Waals surface area contributed by atoms with Gasteiger partial charge >= 0.3 is 0 Å². The maximum Gasteiger partial charge on any atom is 0.161 e. The topological polar surface area (TPSA) is 38.9 Å². The minimum atomic E-state index is -0.877. The number of benzene rings is 2. The summed E-state index contributed by atoms with van der Waals surface area (Å²) in [6, 6.07) is 7.87. The summed E-state index contributed by atoms with van der Waals surface area (Å²) in [6.45, 7) is 1.91. The van der Waals surface area contributed by atoms with Gasteiger partial charge in [0.1, 0.15) is 5.01 Å². The molecule has 2 nitrogen and oxygen atoms in total. The molecule has 96 valence electrons. The first-order valence-electron chi connectivity index (χ1n) is 5.66. The summed E-state index contributed by atoms with van der Waals surface area (Å²) in [5, 5.41) is 0.725. The lowest BCUT2D eigenvalue weighted by Crippen LogP contribution is -1.89. The van der Waals surface area contributed by atoms with Crippen molar-refractivity contribution in [3.05, 3.63) is 47.5 Å². The molecular formula is C14H10F2N2S. The number of aromatic nitrogens is 1. The number of nitrogen functional groups attached to an aromatic ring is 1. The average Bonchev–Trinajstić information content (AvgIpc) is 2.76. The Morgan fingerprint density at radius 2 is 1.84 bits per heavy atom. The molecule has 0 unspecified atom stereocenters. The molecule has 2 N–H and O–H groups in total. The quantitative estimate of drug-likeness (QED) is 0.679. The molecule has 1 heterocycles. The Morgan fingerprint density at radius 3 is 2.58 bits per heavy atom. The molecule has 3 rings (SSSR count). The van der Waals surface area contributed by atoms with Gasteiger partial charge in [0.05, 0.1) is 10.2 Å². The molecule has 0 saturated heterocycles. The fourth-order valence-corrected chi connectivity index (χ4v) is 2.82. The number of aryl methyl sites for hydroxylation is 1. The Morgan fingerprint density at radius 1 is 1.11 bits per heavy atom. The summed E-state index contributed by atoms with van der Waals surface area (Å²) < 4.78 is 26.9. The van der Waals surface area contributed by atoms with Crippen molar-refractivity contribution in [3.63, 3.8) is 0 Å². The largest absolute Gasteiger partial charge is 0.399 e. The molecule has 0 saturated carbocycles. The third-order valence-corrected chi connectivity index (χ3v) is 4.01. The first kappa shape index (κ1) is 12.0. The number of anilines is 1. The highest BCUT2D eigenvalue weighted by atomic mass is 32.1. The summed E-state index contributed by atoms with van der Waals surface area (Å²) in [7, 11) is 0. The lowest BCUT2D eigenvalue weighted by molar-refractivity contribution is 0.511. The zero-order chi connectivity index (χ0) is 13.6. The highest BCUT2D eigenvalue weighted by Crippen LogP contribution is 2.32. The van der Waals surface area contributed by atoms with E-state index in [0.717, 1.165) is 22.2 Å². The van der Waals surface area contributed by atoms with Crippen LogP contribution < -0.4 is 5.73 Å². The van der Waals surface area contributed by atoms with Gasteiger partial charge in [-0.15, -0.1) is 11.3 Å². The van der Waals surface area contributed by atoms with Gasteiger partial charge in [-0.1, -0.05) is 0 Å². The lowest BCUT2D eigenvalue weighted by atomic mass is 10.1. The van der Waals surface area contributed by atoms with Crippen LogP contribution in [0.5, 0.6) is 0 Å². The van der Waals surface area contributed by atoms with Gasteiger partial charge in [-0.3, -0.25) is 0 Å². The number of fused-ring (bicyclic) bond motifs is 1. The molecule has 0 aliphatic heterocycles. The van der Waals surface area contributed by atoms with Crippen molar-refractivity contribution in [2.75, 3.05) is 5.73 Å². The molecule has 0 aliphatic rings. The molecule has 0 radical (unpaired) electrons. The van der Waals surface area contributed by atoms with Crippen molar-refractivity contribution in [2.24, 2.45) is 0 Å². The zero-order valence-corrected chi connectivity index (χ0v) is 10.9. The normalized spacial score (nSPS) is 11.1. The number of halogens is 2. The summed E-state index contributed by atoms with van der Waals surface area (Å²) in [6.07, 6.45) is 0. The Labute approximate surface area is 112 Å². The van der Waals surface area contributed by atoms with Gasteiger partial charge in [0.15, 0.2) is 11.6 Å². The molecule has 19 heavy (non-hydrogen) atoms. The van der Waals surface area contributed by atoms with E-state index in [2.05, 4.69) is 4.98 Å². The summed E-state index contributed by atoms with van der Waals surface area (Å²) in [4.78, 5) is 4.33. The molecule has 0 atom stereocenters. The van der Waals surface area contributed by atoms with Gasteiger partial charge in [0.25, 0.3) is 0 Å². The van der Waals surface area contributed by atoms with Crippen molar-refractivity contribution in [3.8, 4) is 10.6 Å². The Kier molecular flexibility index (Phi) is 2.71. The maximum absolute atomic E-state index is 13.2. The fraction of sp³-hybridized carbons (Fsp3) is 0.0714. The standard InChI is InChI=1S/C14H10F2N2S/c1-7-4-8(2-3-11(7)17)14-18-12-5-9(15)10(16)6-13(12)19-14/h2-6H,17H2,1H3. The summed E-state index contributed by atoms with van der Waals surface area (Å²) in [5.41, 5.74) is 8.79. The minimum Gasteiger partial charge on any atom is -0.399 e. The third-order valence-electron chi connectivity index (χ3n) is 2.95. The molecule has 0 spiro atoms. The highest BCUT2D eigenvalue weighted by molar-refractivity contribution is 7.21. The van der Waals surface area contributed by atoms with Gasteiger partial charge in [-0.2, -0.15) is 0 Å². The van der Waals surface area contributed by atoms with Crippen molar-refractivity contribution >= 4 is 27.2 Å². The van der Waals surface area contributed by atoms with E-state index in [1.54, 1.807) is 6.07 Å². The van der Waals surface area contributed by atoms with Gasteiger partial charge in [0.2, 0.25) is 0 Å². The number of hydrogen-bond donors (Lipinski definition) is 1. The molecule has 2 aromatic carbocycles. The summed E-state index contributed by atoms with van der Waals surface area (Å²) >= 11 is 1.33. The number of hydrogen-bond acceptors (Lipinski definition) is 3. The second-order valence-corrected chi connectivity index (χ2v) is 5.36. The Hall–Kier alpha value is -2.01. The van der Waals surface area contributed by atoms with Crippen LogP contribution in [0.25, 0.3) is 20.8 Å². The van der Waals surface area contributed by atoms with Crippen LogP contribution in [0.3, 0.4) is 0 Å². The van der Waals surface area contributed by atoms with E-state index >= 15 is 0 Å². The van der Waals surface area contributed by atoms with Crippen molar-refractivity contribution < 1.29 is 8.78 Å². The first-order chi connectivity index (χ1) is 9.04. The number of nitrogens with two attached hydrogens (primary N) is 1. The number of nitrogens with zero attached hydrogens (tertiary/aromatic N) is 1. The second-order valence-electron chi connectivity index (χ2n) is 4.32. The predicted molar refractivity (Wildman–Crippen MR) is 74.1 cm³/mol. The predicted octanol–water partition coefficient (Wildman–Crippen LogP) is 4.13. The molecule has 3 aromatic rings. The lowest BCUT2D eigenvalue weighted by Gasteiger charge is -2.01. The van der Waals surface area contributed by atoms with Crippen molar-refractivity contribution in [2.45, 2.75) is 6.92 Å². The number of rotatable bonds is 1. The SMILES string of the molecule is Cc1cc(-c2nc3cc(F)c(F)cc3s2)ccc1N. The van der Waals surface area contributed by atoms with Crippen molar-refractivity contribution in [1.82, 2.24) is 4.98 Å². The van der Waals surface area contributed by atoms with Crippen LogP contribution in [0.4, 0.5) is 14.5 Å². The van der Waals surface area contributed by atoms with Gasteiger partial charge in [0, 0.05) is 17.3 Å². The minimum absolute atomic E-state index is 0.466. The van der Waals surface area contributed by atoms with E-state index in [-0.39, 0.29) is 0 Å². The monoisotopic (exact) mass is 276 g/mol. The van der Waals surface area contributed by atoms with Crippen LogP contribution in [-0.4, -0.2) is 4.98 Å². The van der Waals surface area contributed by atoms with Gasteiger partial charge in [-0.05, 0) is 36.8 Å². The van der Waals surface area contributed by atoms with Crippen LogP contribution in [0.1, 0.15) is 5.56 Å². The van der Waals surface area contributed by atoms with Gasteiger partial charge < -0.3 is 5.73 Å². The van der Waals surface area contributed by atoms with Crippen LogP contribution >= 0.6 is 11.3 Å². The average molecular weight is 276 g/mol. The van der Waals surface area contributed by atoms with E-state index in [4.69, 9.17) is 5.73 Å². The zero-order valence-electron chi connectivity index (χ0n) is 10.1. The fourth-order valence-electron chi connectivity index (χ4n) is 1.86. The highest BCUT2D eigenvalue weighted by Gasteiger charge is 2.11. The van der Waals surface area contributed by atoms with E-state index in [9.17, 15) is 8.78 Å². The molecule has 5 heteroatoms. The molecule has 0 bridgehead atoms. The van der Waals surface area contributed by atoms with Crippen LogP contribution in [0.15, 0.2) is 30.3 Å². The molecule has 0 amide bonds. The van der Waals surface area contributed by atoms with E-state index in [1.807, 2.05) is 19.1 Å². The molecule has 1 aromatic heterocycles. The maximum atomic E-state index is 13.2.